The fraction of sp³-hybridized carbons (Fsp3) is 0.250. The highest BCUT2D eigenvalue weighted by molar-refractivity contribution is 5.98. The predicted octanol–water partition coefficient (Wildman–Crippen LogP) is 2.35. The Kier molecular flexibility index (Phi) is 2.60. The SMILES string of the molecule is Cc1cccc(C2CC(=O)c3cnc4ncnn4c3C2)c1. The fourth-order valence-electron chi connectivity index (χ4n) is 3.05. The van der Waals surface area contributed by atoms with E-state index < -0.39 is 0 Å². The van der Waals surface area contributed by atoms with Crippen molar-refractivity contribution >= 4 is 11.6 Å². The highest BCUT2D eigenvalue weighted by Crippen LogP contribution is 2.32. The molecule has 0 spiro atoms. The molecule has 21 heavy (non-hydrogen) atoms. The van der Waals surface area contributed by atoms with Crippen LogP contribution >= 0.6 is 0 Å². The van der Waals surface area contributed by atoms with E-state index in [4.69, 9.17) is 0 Å². The molecule has 0 amide bonds. The second-order valence-corrected chi connectivity index (χ2v) is 5.53. The summed E-state index contributed by atoms with van der Waals surface area (Å²) >= 11 is 0. The van der Waals surface area contributed by atoms with Crippen LogP contribution in [0, 0.1) is 6.92 Å². The number of benzene rings is 1. The Morgan fingerprint density at radius 2 is 2.14 bits per heavy atom. The molecule has 1 aliphatic rings. The van der Waals surface area contributed by atoms with Crippen LogP contribution in [-0.2, 0) is 6.42 Å². The number of nitrogens with zero attached hydrogens (tertiary/aromatic N) is 4. The molecule has 0 radical (unpaired) electrons. The van der Waals surface area contributed by atoms with E-state index in [-0.39, 0.29) is 11.7 Å². The third-order valence-electron chi connectivity index (χ3n) is 4.09. The van der Waals surface area contributed by atoms with Gasteiger partial charge >= 0.3 is 0 Å². The molecule has 0 saturated carbocycles. The quantitative estimate of drug-likeness (QED) is 0.685. The van der Waals surface area contributed by atoms with Crippen LogP contribution in [0.4, 0.5) is 0 Å². The highest BCUT2D eigenvalue weighted by atomic mass is 16.1. The summed E-state index contributed by atoms with van der Waals surface area (Å²) in [5, 5.41) is 4.20. The van der Waals surface area contributed by atoms with E-state index >= 15 is 0 Å². The average Bonchev–Trinajstić information content (AvgIpc) is 2.96. The van der Waals surface area contributed by atoms with Crippen LogP contribution in [0.15, 0.2) is 36.8 Å². The number of aryl methyl sites for hydroxylation is 1. The van der Waals surface area contributed by atoms with Gasteiger partial charge in [-0.2, -0.15) is 10.1 Å². The van der Waals surface area contributed by atoms with Gasteiger partial charge in [-0.1, -0.05) is 29.8 Å². The molecular formula is C16H14N4O. The van der Waals surface area contributed by atoms with Gasteiger partial charge < -0.3 is 0 Å². The summed E-state index contributed by atoms with van der Waals surface area (Å²) < 4.78 is 1.69. The third kappa shape index (κ3) is 1.93. The van der Waals surface area contributed by atoms with Gasteiger partial charge in [0.1, 0.15) is 6.33 Å². The Bertz CT molecular complexity index is 852. The molecule has 2 heterocycles. The summed E-state index contributed by atoms with van der Waals surface area (Å²) in [6, 6.07) is 8.36. The zero-order chi connectivity index (χ0) is 14.4. The maximum Gasteiger partial charge on any atom is 0.252 e. The lowest BCUT2D eigenvalue weighted by molar-refractivity contribution is 0.0962. The van der Waals surface area contributed by atoms with Crippen LogP contribution in [-0.4, -0.2) is 25.4 Å². The zero-order valence-electron chi connectivity index (χ0n) is 11.7. The molecule has 104 valence electrons. The largest absolute Gasteiger partial charge is 0.294 e. The van der Waals surface area contributed by atoms with E-state index in [2.05, 4.69) is 40.2 Å². The van der Waals surface area contributed by atoms with Crippen molar-refractivity contribution in [3.63, 3.8) is 0 Å². The van der Waals surface area contributed by atoms with Gasteiger partial charge in [0, 0.05) is 12.6 Å². The molecule has 5 nitrogen and oxygen atoms in total. The zero-order valence-corrected chi connectivity index (χ0v) is 11.7. The third-order valence-corrected chi connectivity index (χ3v) is 4.09. The number of ketones is 1. The van der Waals surface area contributed by atoms with Crippen molar-refractivity contribution in [2.24, 2.45) is 0 Å². The molecule has 0 N–H and O–H groups in total. The summed E-state index contributed by atoms with van der Waals surface area (Å²) in [7, 11) is 0. The second-order valence-electron chi connectivity index (χ2n) is 5.53. The van der Waals surface area contributed by atoms with Crippen molar-refractivity contribution < 1.29 is 4.79 Å². The van der Waals surface area contributed by atoms with Crippen molar-refractivity contribution in [3.8, 4) is 0 Å². The van der Waals surface area contributed by atoms with Crippen molar-refractivity contribution in [3.05, 3.63) is 59.2 Å². The van der Waals surface area contributed by atoms with E-state index in [0.717, 1.165) is 12.1 Å². The smallest absolute Gasteiger partial charge is 0.252 e. The average molecular weight is 278 g/mol. The van der Waals surface area contributed by atoms with Gasteiger partial charge in [-0.15, -0.1) is 0 Å². The topological polar surface area (TPSA) is 60.2 Å². The van der Waals surface area contributed by atoms with E-state index in [1.807, 2.05) is 6.07 Å². The van der Waals surface area contributed by atoms with Crippen molar-refractivity contribution in [2.75, 3.05) is 0 Å². The van der Waals surface area contributed by atoms with E-state index in [0.29, 0.717) is 17.8 Å². The summed E-state index contributed by atoms with van der Waals surface area (Å²) in [6.07, 6.45) is 4.42. The van der Waals surface area contributed by atoms with Crippen molar-refractivity contribution in [2.45, 2.75) is 25.7 Å². The molecule has 5 heteroatoms. The normalized spacial score (nSPS) is 18.0. The standard InChI is InChI=1S/C16H14N4O/c1-10-3-2-4-11(5-10)12-6-14-13(15(21)7-12)8-17-16-18-9-19-20(14)16/h2-5,8-9,12H,6-7H2,1H3. The number of carbonyl (C=O) groups excluding carboxylic acids is 1. The first-order valence-corrected chi connectivity index (χ1v) is 7.00. The molecule has 1 aliphatic carbocycles. The minimum absolute atomic E-state index is 0.132. The number of Topliss-reactive ketones (excluding diaryl/α,β-unsaturated/α-hetero) is 1. The lowest BCUT2D eigenvalue weighted by atomic mass is 9.82. The van der Waals surface area contributed by atoms with Crippen LogP contribution in [0.3, 0.4) is 0 Å². The van der Waals surface area contributed by atoms with Gasteiger partial charge in [0.25, 0.3) is 5.78 Å². The summed E-state index contributed by atoms with van der Waals surface area (Å²) in [6.45, 7) is 2.07. The second kappa shape index (κ2) is 4.48. The van der Waals surface area contributed by atoms with E-state index in [1.165, 1.54) is 17.5 Å². The molecular weight excluding hydrogens is 264 g/mol. The summed E-state index contributed by atoms with van der Waals surface area (Å²) in [5.74, 6) is 0.874. The number of fused-ring (bicyclic) bond motifs is 3. The molecule has 0 fully saturated rings. The summed E-state index contributed by atoms with van der Waals surface area (Å²) in [5.41, 5.74) is 4.02. The Morgan fingerprint density at radius 1 is 1.24 bits per heavy atom. The van der Waals surface area contributed by atoms with Gasteiger partial charge in [0.05, 0.1) is 11.3 Å². The number of hydrogen-bond donors (Lipinski definition) is 0. The molecule has 4 rings (SSSR count). The monoisotopic (exact) mass is 278 g/mol. The lowest BCUT2D eigenvalue weighted by Crippen LogP contribution is -2.22. The summed E-state index contributed by atoms with van der Waals surface area (Å²) in [4.78, 5) is 20.7. The van der Waals surface area contributed by atoms with Gasteiger partial charge in [0.15, 0.2) is 5.78 Å². The Labute approximate surface area is 121 Å². The van der Waals surface area contributed by atoms with Crippen LogP contribution in [0.1, 0.15) is 39.5 Å². The van der Waals surface area contributed by atoms with E-state index in [1.54, 1.807) is 10.7 Å². The van der Waals surface area contributed by atoms with Crippen LogP contribution < -0.4 is 0 Å². The molecule has 0 aliphatic heterocycles. The van der Waals surface area contributed by atoms with Gasteiger partial charge in [-0.3, -0.25) is 4.79 Å². The molecule has 1 unspecified atom stereocenters. The van der Waals surface area contributed by atoms with Crippen molar-refractivity contribution in [1.29, 1.82) is 0 Å². The molecule has 1 aromatic carbocycles. The van der Waals surface area contributed by atoms with Gasteiger partial charge in [0.2, 0.25) is 0 Å². The molecule has 3 aromatic rings. The maximum atomic E-state index is 12.4. The van der Waals surface area contributed by atoms with Crippen LogP contribution in [0.25, 0.3) is 5.78 Å². The van der Waals surface area contributed by atoms with Crippen LogP contribution in [0.5, 0.6) is 0 Å². The number of carbonyl (C=O) groups is 1. The number of aromatic nitrogens is 4. The van der Waals surface area contributed by atoms with Gasteiger partial charge in [-0.25, -0.2) is 9.50 Å². The maximum absolute atomic E-state index is 12.4. The van der Waals surface area contributed by atoms with Crippen LogP contribution in [0.2, 0.25) is 0 Å². The molecule has 0 bridgehead atoms. The van der Waals surface area contributed by atoms with E-state index in [9.17, 15) is 4.79 Å². The molecule has 0 saturated heterocycles. The Balaban J connectivity index is 1.83. The minimum Gasteiger partial charge on any atom is -0.294 e. The number of rotatable bonds is 1. The first-order valence-electron chi connectivity index (χ1n) is 7.00. The predicted molar refractivity (Wildman–Crippen MR) is 77.4 cm³/mol. The lowest BCUT2D eigenvalue weighted by Gasteiger charge is -2.24. The Hall–Kier alpha value is -2.56. The number of hydrogen-bond acceptors (Lipinski definition) is 4. The highest BCUT2D eigenvalue weighted by Gasteiger charge is 2.29. The van der Waals surface area contributed by atoms with Crippen molar-refractivity contribution in [1.82, 2.24) is 19.6 Å². The minimum atomic E-state index is 0.132. The first-order chi connectivity index (χ1) is 10.2. The Morgan fingerprint density at radius 3 is 3.00 bits per heavy atom. The molecule has 1 atom stereocenters. The first kappa shape index (κ1) is 12.2. The fourth-order valence-corrected chi connectivity index (χ4v) is 3.05. The van der Waals surface area contributed by atoms with Gasteiger partial charge in [-0.05, 0) is 24.8 Å². The molecule has 2 aromatic heterocycles.